The van der Waals surface area contributed by atoms with E-state index in [9.17, 15) is 19.6 Å². The highest BCUT2D eigenvalue weighted by Crippen LogP contribution is 2.32. The first-order valence-electron chi connectivity index (χ1n) is 10.6. The number of nitrogens with one attached hydrogen (secondary N) is 1. The van der Waals surface area contributed by atoms with E-state index < -0.39 is 17.7 Å². The smallest absolute Gasteiger partial charge is 0.265 e. The summed E-state index contributed by atoms with van der Waals surface area (Å²) >= 11 is 7.05. The number of hydrogen-bond acceptors (Lipinski definition) is 5. The molecule has 3 aromatic carbocycles. The van der Waals surface area contributed by atoms with Gasteiger partial charge in [-0.2, -0.15) is 5.26 Å². The van der Waals surface area contributed by atoms with E-state index in [0.29, 0.717) is 14.8 Å². The van der Waals surface area contributed by atoms with Gasteiger partial charge in [-0.15, -0.1) is 11.3 Å². The van der Waals surface area contributed by atoms with Crippen molar-refractivity contribution in [2.24, 2.45) is 0 Å². The molecule has 8 heteroatoms. The summed E-state index contributed by atoms with van der Waals surface area (Å²) in [7, 11) is 0. The van der Waals surface area contributed by atoms with E-state index in [4.69, 9.17) is 11.6 Å². The minimum atomic E-state index is -0.479. The van der Waals surface area contributed by atoms with Crippen molar-refractivity contribution < 1.29 is 14.4 Å². The molecule has 0 radical (unpaired) electrons. The SMILES string of the molecule is N#Cc1ccccc1-c1cccc(CN2C(=O)c3cccc(NC(=O)c4ccc(Cl)s4)c3C2=O)c1. The van der Waals surface area contributed by atoms with Crippen LogP contribution >= 0.6 is 22.9 Å². The second kappa shape index (κ2) is 9.18. The molecule has 0 spiro atoms. The highest BCUT2D eigenvalue weighted by Gasteiger charge is 2.37. The number of thiophene rings is 1. The average Bonchev–Trinajstić information content (AvgIpc) is 3.42. The van der Waals surface area contributed by atoms with Crippen molar-refractivity contribution in [3.05, 3.63) is 110 Å². The molecule has 0 aliphatic carbocycles. The van der Waals surface area contributed by atoms with Crippen LogP contribution in [0.15, 0.2) is 78.9 Å². The van der Waals surface area contributed by atoms with Gasteiger partial charge in [-0.1, -0.05) is 54.1 Å². The lowest BCUT2D eigenvalue weighted by Gasteiger charge is -2.15. The third kappa shape index (κ3) is 4.21. The fraction of sp³-hybridized carbons (Fsp3) is 0.0370. The summed E-state index contributed by atoms with van der Waals surface area (Å²) in [6, 6.07) is 24.9. The van der Waals surface area contributed by atoms with Crippen LogP contribution in [0.4, 0.5) is 5.69 Å². The number of rotatable bonds is 5. The standard InChI is InChI=1S/C27H16ClN3O3S/c28-23-12-11-22(35-23)25(32)30-21-10-4-9-20-24(21)27(34)31(26(20)33)15-16-5-3-7-17(13-16)19-8-2-1-6-18(19)14-29/h1-13H,15H2,(H,30,32). The minimum absolute atomic E-state index is 0.0584. The van der Waals surface area contributed by atoms with E-state index in [1.165, 1.54) is 0 Å². The summed E-state index contributed by atoms with van der Waals surface area (Å²) in [4.78, 5) is 40.6. The summed E-state index contributed by atoms with van der Waals surface area (Å²) in [6.45, 7) is 0.0584. The Hall–Kier alpha value is -4.25. The Morgan fingerprint density at radius 1 is 0.943 bits per heavy atom. The summed E-state index contributed by atoms with van der Waals surface area (Å²) < 4.78 is 0.477. The molecule has 0 saturated carbocycles. The summed E-state index contributed by atoms with van der Waals surface area (Å²) in [5, 5.41) is 12.2. The van der Waals surface area contributed by atoms with Crippen LogP contribution in [0.2, 0.25) is 4.34 Å². The van der Waals surface area contributed by atoms with Crippen molar-refractivity contribution in [2.45, 2.75) is 6.54 Å². The van der Waals surface area contributed by atoms with E-state index in [1.807, 2.05) is 36.4 Å². The normalized spacial score (nSPS) is 12.4. The van der Waals surface area contributed by atoms with Crippen molar-refractivity contribution in [1.29, 1.82) is 5.26 Å². The summed E-state index contributed by atoms with van der Waals surface area (Å²) in [5.41, 5.74) is 3.55. The molecule has 170 valence electrons. The number of anilines is 1. The van der Waals surface area contributed by atoms with E-state index in [2.05, 4.69) is 11.4 Å². The number of nitriles is 1. The number of hydrogen-bond donors (Lipinski definition) is 1. The van der Waals surface area contributed by atoms with Gasteiger partial charge in [0.2, 0.25) is 0 Å². The molecule has 2 heterocycles. The molecule has 1 aliphatic rings. The molecule has 35 heavy (non-hydrogen) atoms. The molecular weight excluding hydrogens is 482 g/mol. The second-order valence-corrected chi connectivity index (χ2v) is 9.56. The van der Waals surface area contributed by atoms with Gasteiger partial charge in [0.1, 0.15) is 0 Å². The van der Waals surface area contributed by atoms with Gasteiger partial charge in [-0.05, 0) is 53.1 Å². The van der Waals surface area contributed by atoms with Crippen molar-refractivity contribution >= 4 is 46.3 Å². The Morgan fingerprint density at radius 2 is 1.71 bits per heavy atom. The van der Waals surface area contributed by atoms with E-state index in [0.717, 1.165) is 32.9 Å². The second-order valence-electron chi connectivity index (χ2n) is 7.84. The van der Waals surface area contributed by atoms with E-state index in [1.54, 1.807) is 42.5 Å². The highest BCUT2D eigenvalue weighted by molar-refractivity contribution is 7.18. The average molecular weight is 498 g/mol. The van der Waals surface area contributed by atoms with Crippen LogP contribution in [0, 0.1) is 11.3 Å². The molecule has 0 unspecified atom stereocenters. The van der Waals surface area contributed by atoms with Crippen molar-refractivity contribution in [2.75, 3.05) is 5.32 Å². The molecule has 1 N–H and O–H groups in total. The van der Waals surface area contributed by atoms with Gasteiger partial charge in [0, 0.05) is 0 Å². The Kier molecular flexibility index (Phi) is 5.91. The lowest BCUT2D eigenvalue weighted by atomic mass is 9.98. The molecule has 0 atom stereocenters. The van der Waals surface area contributed by atoms with Crippen molar-refractivity contribution in [3.8, 4) is 17.2 Å². The number of imide groups is 1. The first-order valence-corrected chi connectivity index (χ1v) is 11.8. The molecule has 5 rings (SSSR count). The number of benzene rings is 3. The lowest BCUT2D eigenvalue weighted by molar-refractivity contribution is 0.0642. The quantitative estimate of drug-likeness (QED) is 0.343. The molecule has 4 aromatic rings. The molecule has 6 nitrogen and oxygen atoms in total. The van der Waals surface area contributed by atoms with Gasteiger partial charge >= 0.3 is 0 Å². The van der Waals surface area contributed by atoms with Gasteiger partial charge in [0.15, 0.2) is 0 Å². The maximum absolute atomic E-state index is 13.3. The Balaban J connectivity index is 1.42. The van der Waals surface area contributed by atoms with Crippen molar-refractivity contribution in [1.82, 2.24) is 4.90 Å². The van der Waals surface area contributed by atoms with Crippen LogP contribution in [0.25, 0.3) is 11.1 Å². The van der Waals surface area contributed by atoms with Crippen LogP contribution in [-0.2, 0) is 6.54 Å². The summed E-state index contributed by atoms with van der Waals surface area (Å²) in [6.07, 6.45) is 0. The maximum atomic E-state index is 13.3. The van der Waals surface area contributed by atoms with Crippen LogP contribution in [-0.4, -0.2) is 22.6 Å². The Labute approximate surface area is 210 Å². The molecule has 1 aliphatic heterocycles. The number of amides is 3. The van der Waals surface area contributed by atoms with E-state index in [-0.39, 0.29) is 23.4 Å². The zero-order valence-corrected chi connectivity index (χ0v) is 19.7. The minimum Gasteiger partial charge on any atom is -0.321 e. The fourth-order valence-corrected chi connectivity index (χ4v) is 4.99. The third-order valence-electron chi connectivity index (χ3n) is 5.67. The van der Waals surface area contributed by atoms with Gasteiger partial charge in [0.05, 0.1) is 44.2 Å². The number of carbonyl (C=O) groups excluding carboxylic acids is 3. The van der Waals surface area contributed by atoms with Gasteiger partial charge in [0.25, 0.3) is 17.7 Å². The predicted octanol–water partition coefficient (Wildman–Crippen LogP) is 5.99. The van der Waals surface area contributed by atoms with Gasteiger partial charge in [-0.25, -0.2) is 0 Å². The number of carbonyl (C=O) groups is 3. The number of halogens is 1. The van der Waals surface area contributed by atoms with Gasteiger partial charge in [-0.3, -0.25) is 19.3 Å². The Bertz CT molecular complexity index is 1550. The molecular formula is C27H16ClN3O3S. The highest BCUT2D eigenvalue weighted by atomic mass is 35.5. The largest absolute Gasteiger partial charge is 0.321 e. The first kappa shape index (κ1) is 22.5. The first-order chi connectivity index (χ1) is 17.0. The molecule has 1 aromatic heterocycles. The fourth-order valence-electron chi connectivity index (χ4n) is 4.05. The zero-order valence-electron chi connectivity index (χ0n) is 18.1. The van der Waals surface area contributed by atoms with E-state index >= 15 is 0 Å². The lowest BCUT2D eigenvalue weighted by Crippen LogP contribution is -2.29. The maximum Gasteiger partial charge on any atom is 0.265 e. The zero-order chi connectivity index (χ0) is 24.5. The molecule has 0 fully saturated rings. The van der Waals surface area contributed by atoms with Crippen LogP contribution < -0.4 is 5.32 Å². The molecule has 3 amide bonds. The number of fused-ring (bicyclic) bond motifs is 1. The number of nitrogens with zero attached hydrogens (tertiary/aromatic N) is 2. The summed E-state index contributed by atoms with van der Waals surface area (Å²) in [5.74, 6) is -1.31. The van der Waals surface area contributed by atoms with Crippen molar-refractivity contribution in [3.63, 3.8) is 0 Å². The van der Waals surface area contributed by atoms with Crippen LogP contribution in [0.3, 0.4) is 0 Å². The monoisotopic (exact) mass is 497 g/mol. The van der Waals surface area contributed by atoms with Crippen LogP contribution in [0.5, 0.6) is 0 Å². The topological polar surface area (TPSA) is 90.3 Å². The van der Waals surface area contributed by atoms with Gasteiger partial charge < -0.3 is 5.32 Å². The molecule has 0 bridgehead atoms. The predicted molar refractivity (Wildman–Crippen MR) is 135 cm³/mol. The van der Waals surface area contributed by atoms with Crippen LogP contribution in [0.1, 0.15) is 41.5 Å². The molecule has 0 saturated heterocycles. The third-order valence-corrected chi connectivity index (χ3v) is 6.90. The Morgan fingerprint density at radius 3 is 2.49 bits per heavy atom.